The standard InChI is InChI=1S/C14H25N5/c1-5-11-17-12(15-2)9-13(18-11)16-10-14(19(3)4)7-6-8-14/h9H,5-8,10H2,1-4H3,(H2,15,16,17,18). The minimum Gasteiger partial charge on any atom is -0.373 e. The maximum Gasteiger partial charge on any atom is 0.132 e. The van der Waals surface area contributed by atoms with Crippen LogP contribution in [0.25, 0.3) is 0 Å². The molecule has 5 nitrogen and oxygen atoms in total. The van der Waals surface area contributed by atoms with E-state index in [0.29, 0.717) is 5.54 Å². The maximum absolute atomic E-state index is 4.54. The summed E-state index contributed by atoms with van der Waals surface area (Å²) in [5, 5.41) is 6.57. The molecule has 0 unspecified atom stereocenters. The molecule has 0 atom stereocenters. The van der Waals surface area contributed by atoms with E-state index in [9.17, 15) is 0 Å². The first-order valence-electron chi connectivity index (χ1n) is 7.06. The molecule has 0 aromatic carbocycles. The predicted molar refractivity (Wildman–Crippen MR) is 79.7 cm³/mol. The first kappa shape index (κ1) is 14.1. The number of aryl methyl sites for hydroxylation is 1. The van der Waals surface area contributed by atoms with Crippen molar-refractivity contribution in [2.24, 2.45) is 0 Å². The summed E-state index contributed by atoms with van der Waals surface area (Å²) >= 11 is 0. The fraction of sp³-hybridized carbons (Fsp3) is 0.714. The van der Waals surface area contributed by atoms with Crippen LogP contribution in [0.2, 0.25) is 0 Å². The van der Waals surface area contributed by atoms with Crippen LogP contribution in [0.3, 0.4) is 0 Å². The number of anilines is 2. The average molecular weight is 263 g/mol. The van der Waals surface area contributed by atoms with Crippen molar-refractivity contribution in [2.75, 3.05) is 38.3 Å². The Balaban J connectivity index is 2.06. The first-order valence-corrected chi connectivity index (χ1v) is 7.06. The normalized spacial score (nSPS) is 17.1. The van der Waals surface area contributed by atoms with Crippen molar-refractivity contribution < 1.29 is 0 Å². The van der Waals surface area contributed by atoms with Crippen LogP contribution in [-0.4, -0.2) is 48.1 Å². The van der Waals surface area contributed by atoms with Crippen molar-refractivity contribution in [3.63, 3.8) is 0 Å². The smallest absolute Gasteiger partial charge is 0.132 e. The van der Waals surface area contributed by atoms with Crippen molar-refractivity contribution >= 4 is 11.6 Å². The lowest BCUT2D eigenvalue weighted by atomic mass is 9.75. The first-order chi connectivity index (χ1) is 9.09. The van der Waals surface area contributed by atoms with Crippen LogP contribution in [0.15, 0.2) is 6.07 Å². The topological polar surface area (TPSA) is 53.1 Å². The van der Waals surface area contributed by atoms with Gasteiger partial charge in [-0.1, -0.05) is 6.92 Å². The zero-order valence-electron chi connectivity index (χ0n) is 12.5. The minimum absolute atomic E-state index is 0.303. The van der Waals surface area contributed by atoms with E-state index in [1.807, 2.05) is 13.1 Å². The van der Waals surface area contributed by atoms with Gasteiger partial charge in [0.05, 0.1) is 0 Å². The highest BCUT2D eigenvalue weighted by Crippen LogP contribution is 2.36. The van der Waals surface area contributed by atoms with Gasteiger partial charge in [-0.3, -0.25) is 0 Å². The van der Waals surface area contributed by atoms with Gasteiger partial charge in [-0.05, 0) is 33.4 Å². The lowest BCUT2D eigenvalue weighted by Crippen LogP contribution is -2.54. The predicted octanol–water partition coefficient (Wildman–Crippen LogP) is 1.98. The molecule has 1 fully saturated rings. The average Bonchev–Trinajstić information content (AvgIpc) is 2.36. The van der Waals surface area contributed by atoms with Crippen LogP contribution >= 0.6 is 0 Å². The molecule has 0 spiro atoms. The zero-order chi connectivity index (χ0) is 13.9. The lowest BCUT2D eigenvalue weighted by Gasteiger charge is -2.47. The quantitative estimate of drug-likeness (QED) is 0.822. The number of aromatic nitrogens is 2. The molecule has 1 heterocycles. The highest BCUT2D eigenvalue weighted by atomic mass is 15.2. The number of hydrogen-bond acceptors (Lipinski definition) is 5. The molecule has 106 valence electrons. The highest BCUT2D eigenvalue weighted by molar-refractivity contribution is 5.47. The van der Waals surface area contributed by atoms with Crippen LogP contribution in [0.1, 0.15) is 32.0 Å². The SMILES string of the molecule is CCc1nc(NC)cc(NCC2(N(C)C)CCC2)n1. The molecule has 0 amide bonds. The Morgan fingerprint density at radius 2 is 1.95 bits per heavy atom. The van der Waals surface area contributed by atoms with Crippen molar-refractivity contribution in [3.8, 4) is 0 Å². The summed E-state index contributed by atoms with van der Waals surface area (Å²) in [6, 6.07) is 1.97. The van der Waals surface area contributed by atoms with E-state index >= 15 is 0 Å². The Morgan fingerprint density at radius 3 is 2.42 bits per heavy atom. The molecule has 5 heteroatoms. The molecule has 1 aromatic heterocycles. The Hall–Kier alpha value is -1.36. The maximum atomic E-state index is 4.54. The molecule has 1 aliphatic rings. The van der Waals surface area contributed by atoms with E-state index < -0.39 is 0 Å². The van der Waals surface area contributed by atoms with Crippen LogP contribution in [0.5, 0.6) is 0 Å². The second-order valence-corrected chi connectivity index (χ2v) is 5.48. The van der Waals surface area contributed by atoms with Gasteiger partial charge >= 0.3 is 0 Å². The summed E-state index contributed by atoms with van der Waals surface area (Å²) in [5.74, 6) is 2.67. The second-order valence-electron chi connectivity index (χ2n) is 5.48. The molecule has 19 heavy (non-hydrogen) atoms. The third-order valence-corrected chi connectivity index (χ3v) is 4.18. The van der Waals surface area contributed by atoms with E-state index in [4.69, 9.17) is 0 Å². The van der Waals surface area contributed by atoms with Gasteiger partial charge in [0.25, 0.3) is 0 Å². The van der Waals surface area contributed by atoms with E-state index in [0.717, 1.165) is 30.4 Å². The van der Waals surface area contributed by atoms with Gasteiger partial charge in [0.15, 0.2) is 0 Å². The largest absolute Gasteiger partial charge is 0.373 e. The Morgan fingerprint density at radius 1 is 1.26 bits per heavy atom. The van der Waals surface area contributed by atoms with Crippen molar-refractivity contribution in [1.29, 1.82) is 0 Å². The Bertz CT molecular complexity index is 404. The van der Waals surface area contributed by atoms with Gasteiger partial charge in [-0.15, -0.1) is 0 Å². The summed E-state index contributed by atoms with van der Waals surface area (Å²) < 4.78 is 0. The molecule has 1 aliphatic carbocycles. The molecule has 2 rings (SSSR count). The number of nitrogens with zero attached hydrogens (tertiary/aromatic N) is 3. The molecule has 1 aromatic rings. The molecule has 2 N–H and O–H groups in total. The third kappa shape index (κ3) is 2.97. The molecule has 1 saturated carbocycles. The van der Waals surface area contributed by atoms with Crippen LogP contribution in [0.4, 0.5) is 11.6 Å². The van der Waals surface area contributed by atoms with E-state index in [2.05, 4.69) is 46.5 Å². The van der Waals surface area contributed by atoms with Crippen LogP contribution < -0.4 is 10.6 Å². The van der Waals surface area contributed by atoms with Crippen LogP contribution in [0, 0.1) is 0 Å². The van der Waals surface area contributed by atoms with Crippen molar-refractivity contribution in [2.45, 2.75) is 38.1 Å². The fourth-order valence-corrected chi connectivity index (χ4v) is 2.50. The third-order valence-electron chi connectivity index (χ3n) is 4.18. The number of rotatable bonds is 6. The Kier molecular flexibility index (Phi) is 4.24. The highest BCUT2D eigenvalue weighted by Gasteiger charge is 2.38. The van der Waals surface area contributed by atoms with E-state index in [-0.39, 0.29) is 0 Å². The molecule has 0 saturated heterocycles. The van der Waals surface area contributed by atoms with Gasteiger partial charge in [0, 0.05) is 31.6 Å². The minimum atomic E-state index is 0.303. The fourth-order valence-electron chi connectivity index (χ4n) is 2.50. The number of nitrogens with one attached hydrogen (secondary N) is 2. The monoisotopic (exact) mass is 263 g/mol. The number of likely N-dealkylation sites (N-methyl/N-ethyl adjacent to an activating group) is 1. The second kappa shape index (κ2) is 5.74. The van der Waals surface area contributed by atoms with Crippen LogP contribution in [-0.2, 0) is 6.42 Å². The molecular weight excluding hydrogens is 238 g/mol. The molecule has 0 bridgehead atoms. The number of hydrogen-bond donors (Lipinski definition) is 2. The molecule has 0 radical (unpaired) electrons. The van der Waals surface area contributed by atoms with Gasteiger partial charge < -0.3 is 15.5 Å². The summed E-state index contributed by atoms with van der Waals surface area (Å²) in [6.07, 6.45) is 4.70. The van der Waals surface area contributed by atoms with Gasteiger partial charge in [-0.25, -0.2) is 9.97 Å². The Labute approximate surface area is 115 Å². The van der Waals surface area contributed by atoms with Crippen molar-refractivity contribution in [1.82, 2.24) is 14.9 Å². The van der Waals surface area contributed by atoms with Gasteiger partial charge in [0.1, 0.15) is 17.5 Å². The van der Waals surface area contributed by atoms with E-state index in [1.165, 1.54) is 19.3 Å². The summed E-state index contributed by atoms with van der Waals surface area (Å²) in [6.45, 7) is 3.02. The lowest BCUT2D eigenvalue weighted by molar-refractivity contribution is 0.0738. The van der Waals surface area contributed by atoms with Gasteiger partial charge in [0.2, 0.25) is 0 Å². The summed E-state index contributed by atoms with van der Waals surface area (Å²) in [4.78, 5) is 11.3. The van der Waals surface area contributed by atoms with Crippen molar-refractivity contribution in [3.05, 3.63) is 11.9 Å². The summed E-state index contributed by atoms with van der Waals surface area (Å²) in [5.41, 5.74) is 0.303. The van der Waals surface area contributed by atoms with E-state index in [1.54, 1.807) is 0 Å². The summed E-state index contributed by atoms with van der Waals surface area (Å²) in [7, 11) is 6.22. The molecular formula is C14H25N5. The molecule has 0 aliphatic heterocycles. The van der Waals surface area contributed by atoms with Gasteiger partial charge in [-0.2, -0.15) is 0 Å². The zero-order valence-corrected chi connectivity index (χ0v) is 12.5.